The molecule has 2 heterocycles. The molecule has 0 atom stereocenters. The molecule has 1 fully saturated rings. The van der Waals surface area contributed by atoms with Crippen LogP contribution in [-0.4, -0.2) is 33.8 Å². The van der Waals surface area contributed by atoms with Crippen molar-refractivity contribution in [3.63, 3.8) is 0 Å². The van der Waals surface area contributed by atoms with Gasteiger partial charge in [-0.15, -0.1) is 0 Å². The third-order valence-corrected chi connectivity index (χ3v) is 5.63. The molecule has 1 aliphatic carbocycles. The quantitative estimate of drug-likeness (QED) is 0.765. The monoisotopic (exact) mass is 393 g/mol. The van der Waals surface area contributed by atoms with E-state index in [1.54, 1.807) is 31.1 Å². The molecule has 27 heavy (non-hydrogen) atoms. The number of ether oxygens (including phenoxy) is 1. The lowest BCUT2D eigenvalue weighted by Crippen LogP contribution is -2.39. The number of carbonyl (C=O) groups excluding carboxylic acids is 1. The minimum atomic E-state index is -0.215. The average Bonchev–Trinajstić information content (AvgIpc) is 2.99. The normalized spacial score (nSPS) is 20.1. The summed E-state index contributed by atoms with van der Waals surface area (Å²) in [6.45, 7) is 2.97. The van der Waals surface area contributed by atoms with E-state index in [0.717, 1.165) is 45.1 Å². The van der Waals surface area contributed by atoms with E-state index >= 15 is 0 Å². The molecule has 6 nitrogen and oxygen atoms in total. The van der Waals surface area contributed by atoms with Crippen molar-refractivity contribution in [3.05, 3.63) is 33.3 Å². The van der Waals surface area contributed by atoms with Gasteiger partial charge in [0.2, 0.25) is 0 Å². The van der Waals surface area contributed by atoms with E-state index in [-0.39, 0.29) is 17.5 Å². The second-order valence-corrected chi connectivity index (χ2v) is 7.85. The number of hydrogen-bond acceptors (Lipinski definition) is 3. The van der Waals surface area contributed by atoms with Crippen LogP contribution < -0.4 is 10.9 Å². The van der Waals surface area contributed by atoms with Crippen molar-refractivity contribution in [2.24, 2.45) is 14.1 Å². The third-order valence-electron chi connectivity index (χ3n) is 5.35. The summed E-state index contributed by atoms with van der Waals surface area (Å²) in [4.78, 5) is 25.4. The molecular weight excluding hydrogens is 366 g/mol. The highest BCUT2D eigenvalue weighted by Crippen LogP contribution is 2.26. The molecular formula is C20H28ClN3O3. The number of carbonyl (C=O) groups is 1. The maximum Gasteiger partial charge on any atom is 0.260 e. The zero-order valence-electron chi connectivity index (χ0n) is 16.3. The van der Waals surface area contributed by atoms with Gasteiger partial charge >= 0.3 is 0 Å². The van der Waals surface area contributed by atoms with Gasteiger partial charge in [0.25, 0.3) is 11.5 Å². The van der Waals surface area contributed by atoms with E-state index in [1.807, 2.05) is 0 Å². The summed E-state index contributed by atoms with van der Waals surface area (Å²) in [5.74, 6) is -0.213. The van der Waals surface area contributed by atoms with Crippen LogP contribution in [0.1, 0.15) is 55.8 Å². The number of fused-ring (bicyclic) bond motifs is 1. The number of amides is 1. The van der Waals surface area contributed by atoms with Crippen LogP contribution >= 0.6 is 11.6 Å². The Morgan fingerprint density at radius 3 is 2.59 bits per heavy atom. The zero-order chi connectivity index (χ0) is 19.6. The molecule has 3 rings (SSSR count). The van der Waals surface area contributed by atoms with E-state index in [1.165, 1.54) is 4.57 Å². The summed E-state index contributed by atoms with van der Waals surface area (Å²) in [6.07, 6.45) is 9.50. The van der Waals surface area contributed by atoms with Gasteiger partial charge in [0.1, 0.15) is 0 Å². The number of halogens is 1. The Morgan fingerprint density at radius 2 is 1.93 bits per heavy atom. The number of aryl methyl sites for hydroxylation is 2. The molecule has 2 aromatic rings. The molecule has 0 aliphatic heterocycles. The highest BCUT2D eigenvalue weighted by molar-refractivity contribution is 6.35. The van der Waals surface area contributed by atoms with Crippen LogP contribution in [0.5, 0.6) is 0 Å². The summed E-state index contributed by atoms with van der Waals surface area (Å²) in [7, 11) is 3.44. The molecule has 1 saturated carbocycles. The minimum Gasteiger partial charge on any atom is -0.378 e. The lowest BCUT2D eigenvalue weighted by atomic mass is 9.92. The van der Waals surface area contributed by atoms with Gasteiger partial charge in [0.15, 0.2) is 0 Å². The predicted molar refractivity (Wildman–Crippen MR) is 108 cm³/mol. The lowest BCUT2D eigenvalue weighted by Gasteiger charge is -2.29. The van der Waals surface area contributed by atoms with Gasteiger partial charge in [-0.2, -0.15) is 0 Å². The smallest absolute Gasteiger partial charge is 0.260 e. The molecule has 1 N–H and O–H groups in total. The average molecular weight is 394 g/mol. The van der Waals surface area contributed by atoms with Crippen molar-refractivity contribution in [2.45, 2.75) is 57.6 Å². The van der Waals surface area contributed by atoms with Gasteiger partial charge in [-0.25, -0.2) is 0 Å². The molecule has 0 bridgehead atoms. The number of hydrogen-bond donors (Lipinski definition) is 1. The van der Waals surface area contributed by atoms with Crippen LogP contribution in [0.3, 0.4) is 0 Å². The topological polar surface area (TPSA) is 65.3 Å². The van der Waals surface area contributed by atoms with Gasteiger partial charge in [0.05, 0.1) is 27.6 Å². The van der Waals surface area contributed by atoms with Crippen LogP contribution in [0.4, 0.5) is 0 Å². The second-order valence-electron chi connectivity index (χ2n) is 7.44. The molecule has 0 radical (unpaired) electrons. The first kappa shape index (κ1) is 20.0. The molecule has 1 aliphatic rings. The van der Waals surface area contributed by atoms with E-state index in [4.69, 9.17) is 16.3 Å². The Hall–Kier alpha value is -1.79. The van der Waals surface area contributed by atoms with Crippen molar-refractivity contribution in [2.75, 3.05) is 6.61 Å². The van der Waals surface area contributed by atoms with E-state index in [0.29, 0.717) is 27.6 Å². The van der Waals surface area contributed by atoms with Gasteiger partial charge in [-0.3, -0.25) is 9.59 Å². The third kappa shape index (κ3) is 4.22. The molecule has 7 heteroatoms. The van der Waals surface area contributed by atoms with E-state index < -0.39 is 0 Å². The van der Waals surface area contributed by atoms with Crippen LogP contribution in [0, 0.1) is 0 Å². The fraction of sp³-hybridized carbons (Fsp3) is 0.600. The molecule has 0 unspecified atom stereocenters. The van der Waals surface area contributed by atoms with Gasteiger partial charge in [-0.1, -0.05) is 24.9 Å². The number of unbranched alkanes of at least 4 members (excludes halogenated alkanes) is 1. The summed E-state index contributed by atoms with van der Waals surface area (Å²) < 4.78 is 9.05. The van der Waals surface area contributed by atoms with E-state index in [9.17, 15) is 9.59 Å². The van der Waals surface area contributed by atoms with Gasteiger partial charge < -0.3 is 19.2 Å². The minimum absolute atomic E-state index is 0.113. The SMILES string of the molecule is CCCCOC1CCC(NC(=O)c2cn(C)c3c(Cl)cn(C)c(=O)c23)CC1. The van der Waals surface area contributed by atoms with Gasteiger partial charge in [-0.05, 0) is 32.1 Å². The first-order valence-corrected chi connectivity index (χ1v) is 10.1. The van der Waals surface area contributed by atoms with Crippen LogP contribution in [0.2, 0.25) is 5.02 Å². The maximum absolute atomic E-state index is 12.9. The molecule has 148 valence electrons. The van der Waals surface area contributed by atoms with Crippen molar-refractivity contribution in [1.29, 1.82) is 0 Å². The summed E-state index contributed by atoms with van der Waals surface area (Å²) in [6, 6.07) is 0.113. The Balaban J connectivity index is 1.70. The number of nitrogens with zero attached hydrogens (tertiary/aromatic N) is 2. The van der Waals surface area contributed by atoms with Crippen LogP contribution in [-0.2, 0) is 18.8 Å². The second kappa shape index (κ2) is 8.48. The van der Waals surface area contributed by atoms with Crippen molar-refractivity contribution in [1.82, 2.24) is 14.5 Å². The molecule has 0 aromatic carbocycles. The van der Waals surface area contributed by atoms with Crippen molar-refractivity contribution in [3.8, 4) is 0 Å². The molecule has 1 amide bonds. The Kier molecular flexibility index (Phi) is 6.27. The van der Waals surface area contributed by atoms with Gasteiger partial charge in [0, 0.05) is 39.1 Å². The summed E-state index contributed by atoms with van der Waals surface area (Å²) >= 11 is 6.29. The Labute approximate surface area is 164 Å². The largest absolute Gasteiger partial charge is 0.378 e. The van der Waals surface area contributed by atoms with Crippen molar-refractivity contribution >= 4 is 28.4 Å². The lowest BCUT2D eigenvalue weighted by molar-refractivity contribution is 0.0209. The first-order chi connectivity index (χ1) is 12.9. The standard InChI is InChI=1S/C20H28ClN3O3/c1-4-5-10-27-14-8-6-13(7-9-14)22-19(25)15-11-23(2)18-16(21)12-24(3)20(26)17(15)18/h11-14H,4-10H2,1-3H3,(H,22,25). The first-order valence-electron chi connectivity index (χ1n) is 9.69. The fourth-order valence-corrected chi connectivity index (χ4v) is 4.17. The number of nitrogens with one attached hydrogen (secondary N) is 1. The summed E-state index contributed by atoms with van der Waals surface area (Å²) in [5.41, 5.74) is 0.767. The zero-order valence-corrected chi connectivity index (χ0v) is 17.0. The molecule has 0 saturated heterocycles. The fourth-order valence-electron chi connectivity index (χ4n) is 3.80. The van der Waals surface area contributed by atoms with Crippen molar-refractivity contribution < 1.29 is 9.53 Å². The highest BCUT2D eigenvalue weighted by Gasteiger charge is 2.25. The number of pyridine rings is 1. The maximum atomic E-state index is 12.9. The van der Waals surface area contributed by atoms with E-state index in [2.05, 4.69) is 12.2 Å². The summed E-state index contributed by atoms with van der Waals surface area (Å²) in [5, 5.41) is 3.93. The molecule has 0 spiro atoms. The van der Waals surface area contributed by atoms with Crippen LogP contribution in [0.15, 0.2) is 17.2 Å². The Bertz CT molecular complexity index is 879. The van der Waals surface area contributed by atoms with Crippen LogP contribution in [0.25, 0.3) is 10.9 Å². The molecule has 2 aromatic heterocycles. The number of rotatable bonds is 6. The predicted octanol–water partition coefficient (Wildman–Crippen LogP) is 3.39. The number of aromatic nitrogens is 2. The highest BCUT2D eigenvalue weighted by atomic mass is 35.5. The Morgan fingerprint density at radius 1 is 1.22 bits per heavy atom.